The van der Waals surface area contributed by atoms with E-state index in [0.717, 1.165) is 18.1 Å². The minimum atomic E-state index is -0.808. The summed E-state index contributed by atoms with van der Waals surface area (Å²) in [6.07, 6.45) is 0.102. The third-order valence-corrected chi connectivity index (χ3v) is 4.49. The van der Waals surface area contributed by atoms with Crippen LogP contribution >= 0.6 is 11.8 Å². The Balaban J connectivity index is 2.08. The summed E-state index contributed by atoms with van der Waals surface area (Å²) in [4.78, 5) is 12.9. The molecule has 1 aliphatic rings. The second kappa shape index (κ2) is 6.95. The maximum Gasteiger partial charge on any atom is 0.304 e. The van der Waals surface area contributed by atoms with E-state index < -0.39 is 5.97 Å². The lowest BCUT2D eigenvalue weighted by molar-refractivity contribution is -0.138. The van der Waals surface area contributed by atoms with Gasteiger partial charge in [0.1, 0.15) is 11.6 Å². The molecule has 1 aromatic carbocycles. The van der Waals surface area contributed by atoms with E-state index in [-0.39, 0.29) is 18.3 Å². The van der Waals surface area contributed by atoms with Gasteiger partial charge in [0.2, 0.25) is 0 Å². The van der Waals surface area contributed by atoms with Crippen LogP contribution in [0, 0.1) is 5.82 Å². The highest BCUT2D eigenvalue weighted by Crippen LogP contribution is 2.23. The van der Waals surface area contributed by atoms with Gasteiger partial charge in [-0.05, 0) is 6.07 Å². The van der Waals surface area contributed by atoms with Crippen molar-refractivity contribution in [1.82, 2.24) is 4.90 Å². The van der Waals surface area contributed by atoms with E-state index in [1.165, 1.54) is 13.2 Å². The number of aliphatic carboxylic acids is 1. The van der Waals surface area contributed by atoms with Crippen molar-refractivity contribution in [2.75, 3.05) is 25.2 Å². The molecule has 0 aliphatic carbocycles. The normalized spacial score (nSPS) is 19.8. The zero-order valence-electron chi connectivity index (χ0n) is 11.3. The lowest BCUT2D eigenvalue weighted by Gasteiger charge is -2.34. The van der Waals surface area contributed by atoms with Crippen LogP contribution in [-0.2, 0) is 11.3 Å². The van der Waals surface area contributed by atoms with Crippen LogP contribution < -0.4 is 4.74 Å². The second-order valence-electron chi connectivity index (χ2n) is 4.75. The Morgan fingerprint density at radius 1 is 1.60 bits per heavy atom. The van der Waals surface area contributed by atoms with Gasteiger partial charge in [-0.2, -0.15) is 11.8 Å². The first kappa shape index (κ1) is 15.1. The van der Waals surface area contributed by atoms with Crippen LogP contribution in [0.2, 0.25) is 0 Å². The largest absolute Gasteiger partial charge is 0.497 e. The molecule has 1 unspecified atom stereocenters. The molecule has 1 atom stereocenters. The summed E-state index contributed by atoms with van der Waals surface area (Å²) < 4.78 is 18.9. The third-order valence-electron chi connectivity index (χ3n) is 3.39. The predicted octanol–water partition coefficient (Wildman–Crippen LogP) is 2.23. The minimum Gasteiger partial charge on any atom is -0.497 e. The summed E-state index contributed by atoms with van der Waals surface area (Å²) in [6, 6.07) is 4.75. The van der Waals surface area contributed by atoms with E-state index in [4.69, 9.17) is 9.84 Å². The second-order valence-corrected chi connectivity index (χ2v) is 5.90. The SMILES string of the molecule is COc1ccc(CN2CCSCC2CC(=O)O)c(F)c1. The molecule has 110 valence electrons. The van der Waals surface area contributed by atoms with Gasteiger partial charge in [-0.25, -0.2) is 4.39 Å². The van der Waals surface area contributed by atoms with Crippen molar-refractivity contribution >= 4 is 17.7 Å². The molecule has 1 fully saturated rings. The Labute approximate surface area is 121 Å². The predicted molar refractivity (Wildman–Crippen MR) is 76.7 cm³/mol. The highest BCUT2D eigenvalue weighted by atomic mass is 32.2. The number of thioether (sulfide) groups is 1. The van der Waals surface area contributed by atoms with E-state index in [2.05, 4.69) is 4.90 Å². The number of ether oxygens (including phenoxy) is 1. The minimum absolute atomic E-state index is 0.0345. The van der Waals surface area contributed by atoms with Crippen LogP contribution in [0.3, 0.4) is 0 Å². The molecule has 1 aromatic rings. The average molecular weight is 299 g/mol. The van der Waals surface area contributed by atoms with E-state index in [1.54, 1.807) is 23.9 Å². The molecule has 2 rings (SSSR count). The van der Waals surface area contributed by atoms with Gasteiger partial charge < -0.3 is 9.84 Å². The lowest BCUT2D eigenvalue weighted by Crippen LogP contribution is -2.43. The molecule has 1 aliphatic heterocycles. The van der Waals surface area contributed by atoms with E-state index in [0.29, 0.717) is 17.9 Å². The molecule has 0 radical (unpaired) electrons. The van der Waals surface area contributed by atoms with E-state index in [1.807, 2.05) is 0 Å². The number of halogens is 1. The smallest absolute Gasteiger partial charge is 0.304 e. The summed E-state index contributed by atoms with van der Waals surface area (Å²) in [5.74, 6) is 1.11. The van der Waals surface area contributed by atoms with Crippen LogP contribution in [-0.4, -0.2) is 47.2 Å². The number of nitrogens with zero attached hydrogens (tertiary/aromatic N) is 1. The fraction of sp³-hybridized carbons (Fsp3) is 0.500. The molecule has 0 aromatic heterocycles. The molecule has 0 spiro atoms. The van der Waals surface area contributed by atoms with Crippen molar-refractivity contribution in [3.63, 3.8) is 0 Å². The van der Waals surface area contributed by atoms with Gasteiger partial charge in [0.05, 0.1) is 13.5 Å². The zero-order chi connectivity index (χ0) is 14.5. The maximum absolute atomic E-state index is 14.0. The van der Waals surface area contributed by atoms with Gasteiger partial charge >= 0.3 is 5.97 Å². The Hall–Kier alpha value is -1.27. The molecule has 1 N–H and O–H groups in total. The summed E-state index contributed by atoms with van der Waals surface area (Å²) in [6.45, 7) is 1.22. The van der Waals surface area contributed by atoms with Gasteiger partial charge in [-0.3, -0.25) is 9.69 Å². The zero-order valence-corrected chi connectivity index (χ0v) is 12.2. The Morgan fingerprint density at radius 2 is 2.40 bits per heavy atom. The number of hydrogen-bond donors (Lipinski definition) is 1. The van der Waals surface area contributed by atoms with Gasteiger partial charge in [0, 0.05) is 42.3 Å². The molecular formula is C14H18FNO3S. The molecule has 6 heteroatoms. The summed E-state index contributed by atoms with van der Waals surface area (Å²) in [5, 5.41) is 8.95. The highest BCUT2D eigenvalue weighted by molar-refractivity contribution is 7.99. The van der Waals surface area contributed by atoms with Crippen LogP contribution in [0.25, 0.3) is 0 Å². The highest BCUT2D eigenvalue weighted by Gasteiger charge is 2.25. The molecule has 4 nitrogen and oxygen atoms in total. The van der Waals surface area contributed by atoms with E-state index in [9.17, 15) is 9.18 Å². The van der Waals surface area contributed by atoms with E-state index >= 15 is 0 Å². The fourth-order valence-electron chi connectivity index (χ4n) is 2.29. The number of rotatable bonds is 5. The maximum atomic E-state index is 14.0. The molecule has 0 bridgehead atoms. The quantitative estimate of drug-likeness (QED) is 0.903. The standard InChI is InChI=1S/C14H18FNO3S/c1-19-12-3-2-10(13(15)7-12)8-16-4-5-20-9-11(16)6-14(17)18/h2-3,7,11H,4-6,8-9H2,1H3,(H,17,18). The Bertz CT molecular complexity index is 483. The van der Waals surface area contributed by atoms with Crippen LogP contribution in [0.1, 0.15) is 12.0 Å². The number of carboxylic acid groups (broad SMARTS) is 1. The topological polar surface area (TPSA) is 49.8 Å². The first-order chi connectivity index (χ1) is 9.60. The number of methoxy groups -OCH3 is 1. The van der Waals surface area contributed by atoms with Gasteiger partial charge in [0.25, 0.3) is 0 Å². The number of benzene rings is 1. The molecule has 1 heterocycles. The van der Waals surface area contributed by atoms with Gasteiger partial charge in [-0.1, -0.05) is 6.07 Å². The fourth-order valence-corrected chi connectivity index (χ4v) is 3.42. The Morgan fingerprint density at radius 3 is 3.05 bits per heavy atom. The van der Waals surface area contributed by atoms with Crippen molar-refractivity contribution in [3.8, 4) is 5.75 Å². The van der Waals surface area contributed by atoms with Crippen molar-refractivity contribution < 1.29 is 19.0 Å². The summed E-state index contributed by atoms with van der Waals surface area (Å²) in [7, 11) is 1.50. The van der Waals surface area contributed by atoms with Gasteiger partial charge in [-0.15, -0.1) is 0 Å². The number of carbonyl (C=O) groups is 1. The van der Waals surface area contributed by atoms with Crippen LogP contribution in [0.4, 0.5) is 4.39 Å². The Kier molecular flexibility index (Phi) is 5.25. The molecule has 0 amide bonds. The number of hydrogen-bond acceptors (Lipinski definition) is 4. The van der Waals surface area contributed by atoms with Crippen molar-refractivity contribution in [2.45, 2.75) is 19.0 Å². The summed E-state index contributed by atoms with van der Waals surface area (Å²) >= 11 is 1.75. The molecule has 0 saturated carbocycles. The third kappa shape index (κ3) is 3.86. The molecule has 1 saturated heterocycles. The first-order valence-electron chi connectivity index (χ1n) is 6.46. The average Bonchev–Trinajstić information content (AvgIpc) is 2.42. The van der Waals surface area contributed by atoms with Gasteiger partial charge in [0.15, 0.2) is 0 Å². The molecular weight excluding hydrogens is 281 g/mol. The lowest BCUT2D eigenvalue weighted by atomic mass is 10.1. The first-order valence-corrected chi connectivity index (χ1v) is 7.61. The van der Waals surface area contributed by atoms with Crippen LogP contribution in [0.15, 0.2) is 18.2 Å². The van der Waals surface area contributed by atoms with Crippen molar-refractivity contribution in [1.29, 1.82) is 0 Å². The van der Waals surface area contributed by atoms with Crippen LogP contribution in [0.5, 0.6) is 5.75 Å². The number of carboxylic acids is 1. The van der Waals surface area contributed by atoms with Crippen molar-refractivity contribution in [3.05, 3.63) is 29.6 Å². The molecule has 20 heavy (non-hydrogen) atoms. The van der Waals surface area contributed by atoms with Crippen molar-refractivity contribution in [2.24, 2.45) is 0 Å². The summed E-state index contributed by atoms with van der Waals surface area (Å²) in [5.41, 5.74) is 0.577. The monoisotopic (exact) mass is 299 g/mol.